The number of amides is 2. The second-order valence-electron chi connectivity index (χ2n) is 8.62. The fourth-order valence-corrected chi connectivity index (χ4v) is 4.31. The number of methoxy groups -OCH3 is 2. The molecule has 1 heterocycles. The van der Waals surface area contributed by atoms with E-state index >= 15 is 0 Å². The summed E-state index contributed by atoms with van der Waals surface area (Å²) in [6.07, 6.45) is 0.920. The molecule has 3 rings (SSSR count). The summed E-state index contributed by atoms with van der Waals surface area (Å²) in [5.74, 6) is 1.45. The lowest BCUT2D eigenvalue weighted by Crippen LogP contribution is -2.50. The lowest BCUT2D eigenvalue weighted by Gasteiger charge is -2.41. The van der Waals surface area contributed by atoms with E-state index in [1.165, 1.54) is 22.3 Å². The van der Waals surface area contributed by atoms with E-state index in [-0.39, 0.29) is 24.2 Å². The molecule has 0 saturated heterocycles. The molecule has 2 aromatic carbocycles. The summed E-state index contributed by atoms with van der Waals surface area (Å²) < 4.78 is 11.1. The average Bonchev–Trinajstić information content (AvgIpc) is 2.73. The molecule has 0 radical (unpaired) electrons. The van der Waals surface area contributed by atoms with Crippen LogP contribution in [-0.4, -0.2) is 43.8 Å². The van der Waals surface area contributed by atoms with Crippen LogP contribution < -0.4 is 20.1 Å². The summed E-state index contributed by atoms with van der Waals surface area (Å²) in [5, 5.41) is 6.08. The molecule has 6 nitrogen and oxygen atoms in total. The molecule has 2 N–H and O–H groups in total. The molecule has 1 aliphatic heterocycles. The van der Waals surface area contributed by atoms with Crippen LogP contribution in [0.3, 0.4) is 0 Å². The number of nitrogens with zero attached hydrogens (tertiary/aromatic N) is 1. The van der Waals surface area contributed by atoms with Crippen LogP contribution in [0.5, 0.6) is 11.5 Å². The van der Waals surface area contributed by atoms with Crippen molar-refractivity contribution in [2.45, 2.75) is 58.8 Å². The monoisotopic (exact) mass is 425 g/mol. The van der Waals surface area contributed by atoms with E-state index < -0.39 is 0 Å². The molecule has 2 aromatic rings. The van der Waals surface area contributed by atoms with Gasteiger partial charge in [0.2, 0.25) is 0 Å². The third kappa shape index (κ3) is 5.50. The van der Waals surface area contributed by atoms with E-state index in [9.17, 15) is 4.79 Å². The van der Waals surface area contributed by atoms with Crippen LogP contribution in [-0.2, 0) is 13.0 Å². The molecule has 0 fully saturated rings. The first-order chi connectivity index (χ1) is 14.8. The molecule has 2 atom stereocenters. The first kappa shape index (κ1) is 22.9. The average molecular weight is 426 g/mol. The highest BCUT2D eigenvalue weighted by atomic mass is 16.5. The number of benzene rings is 2. The number of hydrogen-bond donors (Lipinski definition) is 2. The standard InChI is InChI=1S/C25H35N3O3/c1-16(2)26-25(29)27-18(4)24-21-14-23(31-6)22(30-5)13-20(21)11-12-28(24)15-19-9-7-17(3)8-10-19/h7-10,13-14,16,18,24H,11-12,15H2,1-6H3,(H2,26,27,29)/t18-,24+/m0/s1. The van der Waals surface area contributed by atoms with Gasteiger partial charge in [-0.1, -0.05) is 29.8 Å². The second kappa shape index (κ2) is 10.1. The van der Waals surface area contributed by atoms with Crippen molar-refractivity contribution in [2.75, 3.05) is 20.8 Å². The van der Waals surface area contributed by atoms with Gasteiger partial charge in [0.25, 0.3) is 0 Å². The van der Waals surface area contributed by atoms with Gasteiger partial charge in [0.15, 0.2) is 11.5 Å². The highest BCUT2D eigenvalue weighted by molar-refractivity contribution is 5.74. The normalized spacial score (nSPS) is 17.1. The van der Waals surface area contributed by atoms with Gasteiger partial charge in [0, 0.05) is 25.2 Å². The maximum Gasteiger partial charge on any atom is 0.315 e. The van der Waals surface area contributed by atoms with Gasteiger partial charge in [0.05, 0.1) is 20.3 Å². The maximum atomic E-state index is 12.5. The Morgan fingerprint density at radius 3 is 2.32 bits per heavy atom. The number of rotatable bonds is 7. The lowest BCUT2D eigenvalue weighted by molar-refractivity contribution is 0.143. The number of fused-ring (bicyclic) bond motifs is 1. The first-order valence-corrected chi connectivity index (χ1v) is 10.9. The third-order valence-electron chi connectivity index (χ3n) is 5.78. The fraction of sp³-hybridized carbons (Fsp3) is 0.480. The molecular formula is C25H35N3O3. The summed E-state index contributed by atoms with van der Waals surface area (Å²) in [6.45, 7) is 9.80. The van der Waals surface area contributed by atoms with Gasteiger partial charge in [-0.2, -0.15) is 0 Å². The Morgan fingerprint density at radius 1 is 1.06 bits per heavy atom. The molecule has 0 spiro atoms. The zero-order chi connectivity index (χ0) is 22.5. The molecular weight excluding hydrogens is 390 g/mol. The smallest absolute Gasteiger partial charge is 0.315 e. The molecule has 0 unspecified atom stereocenters. The van der Waals surface area contributed by atoms with E-state index in [2.05, 4.69) is 65.8 Å². The van der Waals surface area contributed by atoms with E-state index in [4.69, 9.17) is 9.47 Å². The van der Waals surface area contributed by atoms with Gasteiger partial charge >= 0.3 is 6.03 Å². The highest BCUT2D eigenvalue weighted by Gasteiger charge is 2.33. The van der Waals surface area contributed by atoms with Crippen LogP contribution in [0.15, 0.2) is 36.4 Å². The van der Waals surface area contributed by atoms with Crippen molar-refractivity contribution in [2.24, 2.45) is 0 Å². The van der Waals surface area contributed by atoms with Gasteiger partial charge in [-0.05, 0) is 62.9 Å². The number of carbonyl (C=O) groups is 1. The molecule has 0 saturated carbocycles. The zero-order valence-electron chi connectivity index (χ0n) is 19.5. The molecule has 6 heteroatoms. The van der Waals surface area contributed by atoms with Crippen LogP contribution in [0.1, 0.15) is 49.1 Å². The van der Waals surface area contributed by atoms with E-state index in [0.29, 0.717) is 5.75 Å². The summed E-state index contributed by atoms with van der Waals surface area (Å²) in [4.78, 5) is 14.9. The second-order valence-corrected chi connectivity index (χ2v) is 8.62. The summed E-state index contributed by atoms with van der Waals surface area (Å²) >= 11 is 0. The maximum absolute atomic E-state index is 12.5. The minimum Gasteiger partial charge on any atom is -0.493 e. The lowest BCUT2D eigenvalue weighted by atomic mass is 9.87. The minimum atomic E-state index is -0.148. The summed E-state index contributed by atoms with van der Waals surface area (Å²) in [6, 6.07) is 12.7. The van der Waals surface area contributed by atoms with Gasteiger partial charge in [-0.3, -0.25) is 4.90 Å². The van der Waals surface area contributed by atoms with Gasteiger partial charge in [-0.25, -0.2) is 4.79 Å². The number of ether oxygens (including phenoxy) is 2. The van der Waals surface area contributed by atoms with E-state index in [1.54, 1.807) is 14.2 Å². The Balaban J connectivity index is 1.95. The Bertz CT molecular complexity index is 896. The Kier molecular flexibility index (Phi) is 7.44. The molecule has 31 heavy (non-hydrogen) atoms. The van der Waals surface area contributed by atoms with Crippen molar-refractivity contribution >= 4 is 6.03 Å². The van der Waals surface area contributed by atoms with Crippen LogP contribution in [0.25, 0.3) is 0 Å². The van der Waals surface area contributed by atoms with Crippen LogP contribution in [0.2, 0.25) is 0 Å². The quantitative estimate of drug-likeness (QED) is 0.698. The number of carbonyl (C=O) groups excluding carboxylic acids is 1. The van der Waals surface area contributed by atoms with Crippen LogP contribution in [0, 0.1) is 6.92 Å². The van der Waals surface area contributed by atoms with Gasteiger partial charge in [0.1, 0.15) is 0 Å². The Hall–Kier alpha value is -2.73. The van der Waals surface area contributed by atoms with Crippen LogP contribution >= 0.6 is 0 Å². The molecule has 1 aliphatic rings. The van der Waals surface area contributed by atoms with Crippen molar-refractivity contribution in [3.05, 3.63) is 58.7 Å². The van der Waals surface area contributed by atoms with Gasteiger partial charge < -0.3 is 20.1 Å². The molecule has 0 aromatic heterocycles. The minimum absolute atomic E-state index is 0.0165. The fourth-order valence-electron chi connectivity index (χ4n) is 4.31. The predicted molar refractivity (Wildman–Crippen MR) is 124 cm³/mol. The highest BCUT2D eigenvalue weighted by Crippen LogP contribution is 2.40. The SMILES string of the molecule is COc1cc2c(cc1OC)[C@@H]([C@H](C)NC(=O)NC(C)C)N(Cc1ccc(C)cc1)CC2. The van der Waals surface area contributed by atoms with Crippen molar-refractivity contribution in [1.29, 1.82) is 0 Å². The molecule has 0 bridgehead atoms. The molecule has 168 valence electrons. The first-order valence-electron chi connectivity index (χ1n) is 10.9. The Labute approximate surface area is 185 Å². The zero-order valence-corrected chi connectivity index (χ0v) is 19.5. The van der Waals surface area contributed by atoms with Crippen molar-refractivity contribution in [3.63, 3.8) is 0 Å². The van der Waals surface area contributed by atoms with E-state index in [1.807, 2.05) is 13.8 Å². The Morgan fingerprint density at radius 2 is 1.71 bits per heavy atom. The summed E-state index contributed by atoms with van der Waals surface area (Å²) in [7, 11) is 3.32. The van der Waals surface area contributed by atoms with Crippen LogP contribution in [0.4, 0.5) is 4.79 Å². The third-order valence-corrected chi connectivity index (χ3v) is 5.78. The topological polar surface area (TPSA) is 62.8 Å². The van der Waals surface area contributed by atoms with Crippen molar-refractivity contribution < 1.29 is 14.3 Å². The van der Waals surface area contributed by atoms with Crippen molar-refractivity contribution in [3.8, 4) is 11.5 Å². The number of hydrogen-bond acceptors (Lipinski definition) is 4. The predicted octanol–water partition coefficient (Wildman–Crippen LogP) is 4.21. The number of nitrogens with one attached hydrogen (secondary N) is 2. The van der Waals surface area contributed by atoms with E-state index in [0.717, 1.165) is 25.3 Å². The molecule has 2 amide bonds. The van der Waals surface area contributed by atoms with Gasteiger partial charge in [-0.15, -0.1) is 0 Å². The van der Waals surface area contributed by atoms with Crippen molar-refractivity contribution in [1.82, 2.24) is 15.5 Å². The molecule has 0 aliphatic carbocycles. The summed E-state index contributed by atoms with van der Waals surface area (Å²) in [5.41, 5.74) is 4.92. The largest absolute Gasteiger partial charge is 0.493 e. The number of aryl methyl sites for hydroxylation is 1. The number of urea groups is 1.